The van der Waals surface area contributed by atoms with Crippen molar-refractivity contribution in [3.8, 4) is 0 Å². The zero-order chi connectivity index (χ0) is 21.1. The molecule has 1 amide bonds. The molecule has 0 aliphatic carbocycles. The predicted octanol–water partition coefficient (Wildman–Crippen LogP) is 2.22. The van der Waals surface area contributed by atoms with E-state index in [4.69, 9.17) is 11.6 Å². The van der Waals surface area contributed by atoms with Crippen molar-refractivity contribution in [2.75, 3.05) is 4.72 Å². The molecule has 152 valence electrons. The van der Waals surface area contributed by atoms with E-state index in [0.29, 0.717) is 0 Å². The molecule has 0 saturated carbocycles. The molecule has 3 N–H and O–H groups in total. The number of rotatable bonds is 7. The second-order valence-electron chi connectivity index (χ2n) is 5.44. The number of carbonyl (C=O) groups excluding carboxylic acids is 1. The number of nitrogens with one attached hydrogen (secondary N) is 3. The van der Waals surface area contributed by atoms with Crippen molar-refractivity contribution in [3.05, 3.63) is 70.8 Å². The first kappa shape index (κ1) is 21.2. The fraction of sp³-hybridized carbons (Fsp3) is 0. The number of sulfonamides is 2. The van der Waals surface area contributed by atoms with Crippen LogP contribution in [0.15, 0.2) is 69.2 Å². The van der Waals surface area contributed by atoms with Crippen LogP contribution in [0.4, 0.5) is 5.69 Å². The van der Waals surface area contributed by atoms with E-state index in [1.54, 1.807) is 11.4 Å². The van der Waals surface area contributed by atoms with Crippen LogP contribution in [0.2, 0.25) is 5.15 Å². The minimum absolute atomic E-state index is 0.0167. The molecule has 2 heterocycles. The monoisotopic (exact) mass is 472 g/mol. The van der Waals surface area contributed by atoms with E-state index >= 15 is 0 Å². The molecule has 1 aromatic carbocycles. The van der Waals surface area contributed by atoms with E-state index in [2.05, 4.69) is 9.71 Å². The lowest BCUT2D eigenvalue weighted by atomic mass is 10.2. The minimum atomic E-state index is -4.19. The standard InChI is InChI=1S/C16H13ClN4O5S3/c17-15-13(7-3-9-18-15)28(23,24)21-19-16(22)11-5-1-2-6-12(11)20-29(25,26)14-8-4-10-27-14/h1-10,20-21H,(H,19,22). The largest absolute Gasteiger partial charge is 0.278 e. The van der Waals surface area contributed by atoms with E-state index in [-0.39, 0.29) is 25.5 Å². The number of benzene rings is 1. The number of aromatic nitrogens is 1. The molecule has 0 aliphatic heterocycles. The van der Waals surface area contributed by atoms with Crippen LogP contribution in [0.1, 0.15) is 10.4 Å². The van der Waals surface area contributed by atoms with Crippen LogP contribution in [0.5, 0.6) is 0 Å². The summed E-state index contributed by atoms with van der Waals surface area (Å²) in [5, 5.41) is 1.34. The van der Waals surface area contributed by atoms with Crippen molar-refractivity contribution in [1.82, 2.24) is 15.2 Å². The van der Waals surface area contributed by atoms with Gasteiger partial charge in [0, 0.05) is 6.20 Å². The Kier molecular flexibility index (Phi) is 6.19. The summed E-state index contributed by atoms with van der Waals surface area (Å²) in [7, 11) is -8.08. The third-order valence-corrected chi connectivity index (χ3v) is 7.94. The maximum atomic E-state index is 12.5. The second kappa shape index (κ2) is 8.47. The number of hydrogen-bond donors (Lipinski definition) is 3. The second-order valence-corrected chi connectivity index (χ2v) is 10.3. The van der Waals surface area contributed by atoms with Crippen LogP contribution in [0.3, 0.4) is 0 Å². The van der Waals surface area contributed by atoms with E-state index < -0.39 is 26.0 Å². The number of amides is 1. The molecule has 13 heteroatoms. The number of hydrogen-bond acceptors (Lipinski definition) is 7. The Morgan fingerprint density at radius 3 is 2.41 bits per heavy atom. The fourth-order valence-corrected chi connectivity index (χ4v) is 5.55. The normalized spacial score (nSPS) is 11.8. The quantitative estimate of drug-likeness (QED) is 0.356. The van der Waals surface area contributed by atoms with Crippen LogP contribution >= 0.6 is 22.9 Å². The highest BCUT2D eigenvalue weighted by atomic mass is 35.5. The SMILES string of the molecule is O=C(NNS(=O)(=O)c1cccnc1Cl)c1ccccc1NS(=O)(=O)c1cccs1. The molecule has 0 atom stereocenters. The van der Waals surface area contributed by atoms with Gasteiger partial charge in [-0.25, -0.2) is 21.8 Å². The molecule has 0 radical (unpaired) electrons. The molecule has 29 heavy (non-hydrogen) atoms. The number of thiophene rings is 1. The molecular formula is C16H13ClN4O5S3. The summed E-state index contributed by atoms with van der Waals surface area (Å²) < 4.78 is 51.8. The Morgan fingerprint density at radius 2 is 1.72 bits per heavy atom. The first-order chi connectivity index (χ1) is 13.7. The molecule has 0 bridgehead atoms. The third kappa shape index (κ3) is 4.92. The Bertz CT molecular complexity index is 1250. The molecule has 0 fully saturated rings. The number of anilines is 1. The van der Waals surface area contributed by atoms with Crippen molar-refractivity contribution in [2.45, 2.75) is 9.10 Å². The summed E-state index contributed by atoms with van der Waals surface area (Å²) >= 11 is 6.78. The molecule has 0 aliphatic rings. The molecule has 9 nitrogen and oxygen atoms in total. The molecule has 0 saturated heterocycles. The smallest absolute Gasteiger partial charge is 0.271 e. The average molecular weight is 473 g/mol. The Morgan fingerprint density at radius 1 is 0.966 bits per heavy atom. The van der Waals surface area contributed by atoms with Crippen LogP contribution in [0, 0.1) is 0 Å². The zero-order valence-corrected chi connectivity index (χ0v) is 17.6. The summed E-state index contributed by atoms with van der Waals surface area (Å²) in [5.41, 5.74) is 1.92. The average Bonchev–Trinajstić information content (AvgIpc) is 3.22. The van der Waals surface area contributed by atoms with Gasteiger partial charge in [-0.2, -0.15) is 0 Å². The number of nitrogens with zero attached hydrogens (tertiary/aromatic N) is 1. The molecular weight excluding hydrogens is 460 g/mol. The van der Waals surface area contributed by atoms with Crippen molar-refractivity contribution in [3.63, 3.8) is 0 Å². The van der Waals surface area contributed by atoms with Crippen molar-refractivity contribution in [2.24, 2.45) is 0 Å². The van der Waals surface area contributed by atoms with Gasteiger partial charge in [-0.1, -0.05) is 29.8 Å². The highest BCUT2D eigenvalue weighted by Crippen LogP contribution is 2.23. The number of para-hydroxylation sites is 1. The van der Waals surface area contributed by atoms with Gasteiger partial charge in [-0.3, -0.25) is 14.9 Å². The van der Waals surface area contributed by atoms with Gasteiger partial charge in [0.1, 0.15) is 14.3 Å². The van der Waals surface area contributed by atoms with E-state index in [1.807, 2.05) is 10.3 Å². The maximum Gasteiger partial charge on any atom is 0.271 e. The van der Waals surface area contributed by atoms with Gasteiger partial charge in [0.2, 0.25) is 0 Å². The van der Waals surface area contributed by atoms with Crippen LogP contribution in [-0.2, 0) is 20.0 Å². The van der Waals surface area contributed by atoms with Gasteiger partial charge < -0.3 is 0 Å². The summed E-state index contributed by atoms with van der Waals surface area (Å²) in [6.45, 7) is 0. The van der Waals surface area contributed by atoms with Gasteiger partial charge in [0.15, 0.2) is 0 Å². The fourth-order valence-electron chi connectivity index (χ4n) is 2.19. The predicted molar refractivity (Wildman–Crippen MR) is 109 cm³/mol. The van der Waals surface area contributed by atoms with Crippen molar-refractivity contribution in [1.29, 1.82) is 0 Å². The van der Waals surface area contributed by atoms with Crippen molar-refractivity contribution >= 4 is 54.6 Å². The lowest BCUT2D eigenvalue weighted by Gasteiger charge is -2.13. The van der Waals surface area contributed by atoms with Crippen molar-refractivity contribution < 1.29 is 21.6 Å². The van der Waals surface area contributed by atoms with E-state index in [1.165, 1.54) is 48.7 Å². The summed E-state index contributed by atoms with van der Waals surface area (Å²) in [6.07, 6.45) is 1.32. The van der Waals surface area contributed by atoms with Gasteiger partial charge in [0.05, 0.1) is 11.3 Å². The van der Waals surface area contributed by atoms with Gasteiger partial charge in [-0.15, -0.1) is 16.2 Å². The lowest BCUT2D eigenvalue weighted by molar-refractivity contribution is 0.0946. The number of carbonyl (C=O) groups is 1. The Hall–Kier alpha value is -2.51. The van der Waals surface area contributed by atoms with Gasteiger partial charge >= 0.3 is 0 Å². The lowest BCUT2D eigenvalue weighted by Crippen LogP contribution is -2.42. The topological polar surface area (TPSA) is 134 Å². The number of pyridine rings is 1. The van der Waals surface area contributed by atoms with Crippen LogP contribution < -0.4 is 15.0 Å². The third-order valence-electron chi connectivity index (χ3n) is 3.49. The molecule has 3 aromatic rings. The Labute approximate surface area is 175 Å². The number of hydrazine groups is 1. The van der Waals surface area contributed by atoms with Crippen LogP contribution in [0.25, 0.3) is 0 Å². The van der Waals surface area contributed by atoms with Crippen LogP contribution in [-0.4, -0.2) is 27.7 Å². The summed E-state index contributed by atoms with van der Waals surface area (Å²) in [6, 6.07) is 11.3. The Balaban J connectivity index is 1.80. The van der Waals surface area contributed by atoms with E-state index in [0.717, 1.165) is 11.3 Å². The maximum absolute atomic E-state index is 12.5. The minimum Gasteiger partial charge on any atom is -0.278 e. The molecule has 2 aromatic heterocycles. The summed E-state index contributed by atoms with van der Waals surface area (Å²) in [4.78, 5) is 17.7. The van der Waals surface area contributed by atoms with Gasteiger partial charge in [0.25, 0.3) is 26.0 Å². The molecule has 0 spiro atoms. The zero-order valence-electron chi connectivity index (χ0n) is 14.4. The first-order valence-electron chi connectivity index (χ1n) is 7.79. The van der Waals surface area contributed by atoms with E-state index in [9.17, 15) is 21.6 Å². The number of halogens is 1. The molecule has 0 unspecified atom stereocenters. The summed E-state index contributed by atoms with van der Waals surface area (Å²) in [5.74, 6) is -0.877. The molecule has 3 rings (SSSR count). The first-order valence-corrected chi connectivity index (χ1v) is 12.0. The highest BCUT2D eigenvalue weighted by molar-refractivity contribution is 7.94. The van der Waals surface area contributed by atoms with Gasteiger partial charge in [-0.05, 0) is 35.7 Å². The highest BCUT2D eigenvalue weighted by Gasteiger charge is 2.22.